The van der Waals surface area contributed by atoms with Crippen LogP contribution in [0.4, 0.5) is 0 Å². The second kappa shape index (κ2) is 7.56. The van der Waals surface area contributed by atoms with E-state index in [2.05, 4.69) is 0 Å². The minimum absolute atomic E-state index is 0.0758. The first-order valence-corrected chi connectivity index (χ1v) is 10.6. The molecule has 5 rings (SSSR count). The average Bonchev–Trinajstić information content (AvgIpc) is 3.04. The van der Waals surface area contributed by atoms with E-state index in [1.807, 2.05) is 31.2 Å². The summed E-state index contributed by atoms with van der Waals surface area (Å²) in [7, 11) is 0. The lowest BCUT2D eigenvalue weighted by Crippen LogP contribution is -2.29. The molecule has 4 nitrogen and oxygen atoms in total. The third-order valence-corrected chi connectivity index (χ3v) is 6.35. The van der Waals surface area contributed by atoms with Gasteiger partial charge in [-0.2, -0.15) is 0 Å². The highest BCUT2D eigenvalue weighted by molar-refractivity contribution is 6.42. The largest absolute Gasteiger partial charge is 0.450 e. The van der Waals surface area contributed by atoms with Gasteiger partial charge in [0.1, 0.15) is 5.58 Å². The second-order valence-electron chi connectivity index (χ2n) is 7.66. The van der Waals surface area contributed by atoms with Crippen molar-refractivity contribution in [1.29, 1.82) is 0 Å². The third kappa shape index (κ3) is 3.32. The second-order valence-corrected chi connectivity index (χ2v) is 8.48. The number of carbonyl (C=O) groups is 1. The minimum Gasteiger partial charge on any atom is -0.450 e. The molecule has 154 valence electrons. The summed E-state index contributed by atoms with van der Waals surface area (Å²) in [5, 5.41) is 1.21. The number of rotatable bonds is 3. The summed E-state index contributed by atoms with van der Waals surface area (Å²) >= 11 is 12.4. The molecule has 1 aromatic heterocycles. The van der Waals surface area contributed by atoms with E-state index < -0.39 is 6.04 Å². The van der Waals surface area contributed by atoms with Crippen molar-refractivity contribution in [3.8, 4) is 0 Å². The Labute approximate surface area is 188 Å². The van der Waals surface area contributed by atoms with Crippen LogP contribution in [0.15, 0.2) is 75.9 Å². The number of para-hydroxylation sites is 1. The lowest BCUT2D eigenvalue weighted by Gasteiger charge is -2.25. The van der Waals surface area contributed by atoms with Crippen molar-refractivity contribution >= 4 is 40.1 Å². The fraction of sp³-hybridized carbons (Fsp3) is 0.120. The van der Waals surface area contributed by atoms with Crippen molar-refractivity contribution in [3.05, 3.63) is 115 Å². The maximum Gasteiger partial charge on any atom is 0.291 e. The van der Waals surface area contributed by atoms with E-state index in [4.69, 9.17) is 27.6 Å². The van der Waals surface area contributed by atoms with Gasteiger partial charge in [0.05, 0.1) is 27.0 Å². The molecule has 31 heavy (non-hydrogen) atoms. The van der Waals surface area contributed by atoms with Crippen LogP contribution in [-0.4, -0.2) is 10.8 Å². The van der Waals surface area contributed by atoms with E-state index in [0.29, 0.717) is 38.7 Å². The minimum atomic E-state index is -0.626. The van der Waals surface area contributed by atoms with Crippen molar-refractivity contribution in [1.82, 2.24) is 4.90 Å². The molecule has 1 atom stereocenters. The molecule has 0 aliphatic carbocycles. The molecule has 3 aromatic carbocycles. The Morgan fingerprint density at radius 3 is 2.42 bits per heavy atom. The van der Waals surface area contributed by atoms with Crippen LogP contribution in [-0.2, 0) is 6.54 Å². The molecule has 1 unspecified atom stereocenters. The first kappa shape index (κ1) is 19.9. The van der Waals surface area contributed by atoms with Crippen LogP contribution in [0.1, 0.15) is 38.9 Å². The predicted octanol–water partition coefficient (Wildman–Crippen LogP) is 6.15. The van der Waals surface area contributed by atoms with Crippen molar-refractivity contribution in [2.24, 2.45) is 0 Å². The first-order chi connectivity index (χ1) is 14.9. The van der Waals surface area contributed by atoms with Crippen LogP contribution in [0.3, 0.4) is 0 Å². The monoisotopic (exact) mass is 449 g/mol. The molecule has 4 aromatic rings. The summed E-state index contributed by atoms with van der Waals surface area (Å²) in [5.74, 6) is -0.249. The van der Waals surface area contributed by atoms with Crippen molar-refractivity contribution in [2.75, 3.05) is 0 Å². The molecule has 0 spiro atoms. The van der Waals surface area contributed by atoms with Crippen LogP contribution < -0.4 is 5.43 Å². The van der Waals surface area contributed by atoms with Gasteiger partial charge in [0, 0.05) is 6.54 Å². The Hall–Kier alpha value is -3.08. The molecule has 0 saturated carbocycles. The normalized spacial score (nSPS) is 15.5. The molecular formula is C25H17Cl2NO3. The number of fused-ring (bicyclic) bond motifs is 2. The van der Waals surface area contributed by atoms with Crippen LogP contribution in [0.2, 0.25) is 10.0 Å². The quantitative estimate of drug-likeness (QED) is 0.376. The lowest BCUT2D eigenvalue weighted by atomic mass is 9.98. The standard InChI is InChI=1S/C25H17Cl2NO3/c1-14-6-8-15(9-7-14)13-28-22(16-10-11-18(26)19(27)12-16)21-23(29)17-4-2-3-5-20(17)31-24(21)25(28)30/h2-12,22H,13H2,1H3. The number of aryl methyl sites for hydroxylation is 1. The number of hydrogen-bond acceptors (Lipinski definition) is 3. The van der Waals surface area contributed by atoms with E-state index in [0.717, 1.165) is 11.1 Å². The molecular weight excluding hydrogens is 433 g/mol. The summed E-state index contributed by atoms with van der Waals surface area (Å²) in [6.07, 6.45) is 0. The molecule has 2 heterocycles. The summed E-state index contributed by atoms with van der Waals surface area (Å²) in [5.41, 5.74) is 3.29. The van der Waals surface area contributed by atoms with Gasteiger partial charge in [-0.05, 0) is 42.3 Å². The van der Waals surface area contributed by atoms with Gasteiger partial charge in [-0.25, -0.2) is 0 Å². The fourth-order valence-electron chi connectivity index (χ4n) is 4.05. The Balaban J connectivity index is 1.72. The highest BCUT2D eigenvalue weighted by Crippen LogP contribution is 2.40. The van der Waals surface area contributed by atoms with Crippen molar-refractivity contribution in [3.63, 3.8) is 0 Å². The van der Waals surface area contributed by atoms with Gasteiger partial charge >= 0.3 is 0 Å². The summed E-state index contributed by atoms with van der Waals surface area (Å²) in [4.78, 5) is 28.5. The maximum absolute atomic E-state index is 13.4. The molecule has 1 aliphatic rings. The number of benzene rings is 3. The Kier molecular flexibility index (Phi) is 4.84. The van der Waals surface area contributed by atoms with Gasteiger partial charge in [0.25, 0.3) is 5.91 Å². The topological polar surface area (TPSA) is 50.5 Å². The summed E-state index contributed by atoms with van der Waals surface area (Å²) in [6, 6.07) is 19.4. The molecule has 0 radical (unpaired) electrons. The van der Waals surface area contributed by atoms with Gasteiger partial charge in [0.15, 0.2) is 5.43 Å². The van der Waals surface area contributed by atoms with Gasteiger partial charge < -0.3 is 9.32 Å². The van der Waals surface area contributed by atoms with E-state index >= 15 is 0 Å². The zero-order chi connectivity index (χ0) is 21.7. The zero-order valence-electron chi connectivity index (χ0n) is 16.6. The first-order valence-electron chi connectivity index (χ1n) is 9.81. The van der Waals surface area contributed by atoms with Crippen LogP contribution in [0.25, 0.3) is 11.0 Å². The van der Waals surface area contributed by atoms with Crippen LogP contribution >= 0.6 is 23.2 Å². The Morgan fingerprint density at radius 1 is 0.935 bits per heavy atom. The zero-order valence-corrected chi connectivity index (χ0v) is 18.1. The number of halogens is 2. The summed E-state index contributed by atoms with van der Waals surface area (Å²) in [6.45, 7) is 2.33. The average molecular weight is 450 g/mol. The van der Waals surface area contributed by atoms with Crippen LogP contribution in [0.5, 0.6) is 0 Å². The third-order valence-electron chi connectivity index (χ3n) is 5.61. The molecule has 0 bridgehead atoms. The van der Waals surface area contributed by atoms with Crippen molar-refractivity contribution < 1.29 is 9.21 Å². The molecule has 6 heteroatoms. The number of carbonyl (C=O) groups excluding carboxylic acids is 1. The Morgan fingerprint density at radius 2 is 1.68 bits per heavy atom. The predicted molar refractivity (Wildman–Crippen MR) is 122 cm³/mol. The van der Waals surface area contributed by atoms with E-state index in [1.165, 1.54) is 0 Å². The molecule has 1 aliphatic heterocycles. The SMILES string of the molecule is Cc1ccc(CN2C(=O)c3oc4ccccc4c(=O)c3C2c2ccc(Cl)c(Cl)c2)cc1. The van der Waals surface area contributed by atoms with Gasteiger partial charge in [-0.15, -0.1) is 0 Å². The van der Waals surface area contributed by atoms with Gasteiger partial charge in [-0.3, -0.25) is 9.59 Å². The number of hydrogen-bond donors (Lipinski definition) is 0. The maximum atomic E-state index is 13.4. The number of amides is 1. The molecule has 1 amide bonds. The Bertz CT molecular complexity index is 1390. The van der Waals surface area contributed by atoms with E-state index in [1.54, 1.807) is 47.4 Å². The van der Waals surface area contributed by atoms with Crippen LogP contribution in [0, 0.1) is 6.92 Å². The molecule has 0 N–H and O–H groups in total. The summed E-state index contributed by atoms with van der Waals surface area (Å²) < 4.78 is 5.94. The van der Waals surface area contributed by atoms with E-state index in [-0.39, 0.29) is 17.1 Å². The van der Waals surface area contributed by atoms with E-state index in [9.17, 15) is 9.59 Å². The highest BCUT2D eigenvalue weighted by Gasteiger charge is 2.42. The van der Waals surface area contributed by atoms with Crippen molar-refractivity contribution in [2.45, 2.75) is 19.5 Å². The van der Waals surface area contributed by atoms with Gasteiger partial charge in [-0.1, -0.05) is 71.2 Å². The van der Waals surface area contributed by atoms with Gasteiger partial charge in [0.2, 0.25) is 5.76 Å². The molecule has 0 saturated heterocycles. The highest BCUT2D eigenvalue weighted by atomic mass is 35.5. The molecule has 0 fully saturated rings. The number of nitrogens with zero attached hydrogens (tertiary/aromatic N) is 1. The smallest absolute Gasteiger partial charge is 0.291 e. The fourth-order valence-corrected chi connectivity index (χ4v) is 4.36. The lowest BCUT2D eigenvalue weighted by molar-refractivity contribution is 0.0714.